The fraction of sp³-hybridized carbons (Fsp3) is 0.333. The summed E-state index contributed by atoms with van der Waals surface area (Å²) < 4.78 is 26.0. The van der Waals surface area contributed by atoms with Gasteiger partial charge in [-0.25, -0.2) is 4.98 Å². The molecule has 96 valence electrons. The third kappa shape index (κ3) is 2.89. The van der Waals surface area contributed by atoms with E-state index in [4.69, 9.17) is 0 Å². The maximum Gasteiger partial charge on any atom is 0.319 e. The molecule has 0 aliphatic rings. The number of nitrogens with zero attached hydrogens (tertiary/aromatic N) is 3. The molecule has 0 fully saturated rings. The van der Waals surface area contributed by atoms with E-state index in [0.29, 0.717) is 18.9 Å². The molecule has 0 radical (unpaired) electrons. The Labute approximate surface area is 104 Å². The third-order valence-corrected chi connectivity index (χ3v) is 2.69. The van der Waals surface area contributed by atoms with Gasteiger partial charge in [-0.15, -0.1) is 0 Å². The van der Waals surface area contributed by atoms with E-state index in [1.54, 1.807) is 12.4 Å². The smallest absolute Gasteiger partial charge is 0.306 e. The van der Waals surface area contributed by atoms with Crippen molar-refractivity contribution >= 4 is 0 Å². The van der Waals surface area contributed by atoms with Crippen molar-refractivity contribution in [2.45, 2.75) is 26.6 Å². The van der Waals surface area contributed by atoms with E-state index in [0.717, 1.165) is 15.7 Å². The third-order valence-electron chi connectivity index (χ3n) is 2.69. The number of nitrogens with one attached hydrogen (secondary N) is 1. The summed E-state index contributed by atoms with van der Waals surface area (Å²) in [5, 5.41) is 3.10. The van der Waals surface area contributed by atoms with Gasteiger partial charge in [0.2, 0.25) is 0 Å². The second kappa shape index (κ2) is 5.68. The van der Waals surface area contributed by atoms with Crippen LogP contribution in [0.4, 0.5) is 8.78 Å². The van der Waals surface area contributed by atoms with Gasteiger partial charge in [-0.1, -0.05) is 0 Å². The first kappa shape index (κ1) is 12.6. The molecule has 2 heterocycles. The highest BCUT2D eigenvalue weighted by atomic mass is 19.3. The van der Waals surface area contributed by atoms with Crippen molar-refractivity contribution in [2.24, 2.45) is 0 Å². The van der Waals surface area contributed by atoms with Crippen LogP contribution >= 0.6 is 0 Å². The number of hydrogen-bond acceptors (Lipinski definition) is 3. The van der Waals surface area contributed by atoms with Gasteiger partial charge in [0.05, 0.1) is 6.54 Å². The molecule has 0 aliphatic heterocycles. The van der Waals surface area contributed by atoms with E-state index < -0.39 is 6.55 Å². The van der Waals surface area contributed by atoms with Crippen molar-refractivity contribution < 1.29 is 8.78 Å². The minimum Gasteiger partial charge on any atom is -0.306 e. The van der Waals surface area contributed by atoms with Gasteiger partial charge in [0.1, 0.15) is 5.82 Å². The molecule has 1 N–H and O–H groups in total. The highest BCUT2D eigenvalue weighted by Gasteiger charge is 2.10. The summed E-state index contributed by atoms with van der Waals surface area (Å²) in [4.78, 5) is 7.90. The van der Waals surface area contributed by atoms with Crippen molar-refractivity contribution in [3.8, 4) is 0 Å². The minimum absolute atomic E-state index is 0.305. The first-order valence-electron chi connectivity index (χ1n) is 5.58. The summed E-state index contributed by atoms with van der Waals surface area (Å²) in [6.07, 6.45) is 6.14. The number of halogens is 2. The number of aryl methyl sites for hydroxylation is 1. The molecule has 0 saturated carbocycles. The number of rotatable bonds is 5. The highest BCUT2D eigenvalue weighted by Crippen LogP contribution is 2.12. The average molecular weight is 252 g/mol. The van der Waals surface area contributed by atoms with Gasteiger partial charge < -0.3 is 5.32 Å². The molecule has 0 aliphatic carbocycles. The largest absolute Gasteiger partial charge is 0.319 e. The number of aromatic nitrogens is 3. The minimum atomic E-state index is -2.55. The molecular weight excluding hydrogens is 238 g/mol. The lowest BCUT2D eigenvalue weighted by atomic mass is 10.1. The molecule has 2 aromatic rings. The predicted molar refractivity (Wildman–Crippen MR) is 63.0 cm³/mol. The lowest BCUT2D eigenvalue weighted by Crippen LogP contribution is -2.17. The van der Waals surface area contributed by atoms with E-state index in [-0.39, 0.29) is 0 Å². The number of imidazole rings is 1. The zero-order valence-corrected chi connectivity index (χ0v) is 9.98. The molecule has 0 saturated heterocycles. The Bertz CT molecular complexity index is 510. The zero-order chi connectivity index (χ0) is 13.0. The Morgan fingerprint density at radius 2 is 2.17 bits per heavy atom. The van der Waals surface area contributed by atoms with Crippen molar-refractivity contribution in [3.63, 3.8) is 0 Å². The number of pyridine rings is 1. The summed E-state index contributed by atoms with van der Waals surface area (Å²) in [5.74, 6) is 0.330. The van der Waals surface area contributed by atoms with Crippen LogP contribution in [0.3, 0.4) is 0 Å². The van der Waals surface area contributed by atoms with Crippen LogP contribution in [0.1, 0.15) is 23.5 Å². The molecule has 0 aromatic carbocycles. The second-order valence-corrected chi connectivity index (χ2v) is 3.93. The second-order valence-electron chi connectivity index (χ2n) is 3.93. The summed E-state index contributed by atoms with van der Waals surface area (Å²) >= 11 is 0. The van der Waals surface area contributed by atoms with Crippen LogP contribution in [0.25, 0.3) is 0 Å². The van der Waals surface area contributed by atoms with Crippen LogP contribution in [-0.2, 0) is 13.1 Å². The summed E-state index contributed by atoms with van der Waals surface area (Å²) in [5.41, 5.74) is 2.17. The standard InChI is InChI=1S/C12H14F2N4/c1-9-6-15-3-2-10(9)7-16-8-11-17-4-5-18(11)12(13)14/h2-6,12,16H,7-8H2,1H3. The van der Waals surface area contributed by atoms with Crippen molar-refractivity contribution in [1.29, 1.82) is 0 Å². The van der Waals surface area contributed by atoms with Gasteiger partial charge in [0.15, 0.2) is 0 Å². The van der Waals surface area contributed by atoms with Crippen LogP contribution in [0.15, 0.2) is 30.9 Å². The van der Waals surface area contributed by atoms with Crippen LogP contribution in [0, 0.1) is 6.92 Å². The van der Waals surface area contributed by atoms with Crippen molar-refractivity contribution in [2.75, 3.05) is 0 Å². The Balaban J connectivity index is 1.93. The van der Waals surface area contributed by atoms with Gasteiger partial charge in [0.25, 0.3) is 0 Å². The van der Waals surface area contributed by atoms with Crippen LogP contribution in [0.2, 0.25) is 0 Å². The molecule has 2 aromatic heterocycles. The quantitative estimate of drug-likeness (QED) is 0.887. The zero-order valence-electron chi connectivity index (χ0n) is 9.98. The number of hydrogen-bond donors (Lipinski definition) is 1. The van der Waals surface area contributed by atoms with E-state index in [2.05, 4.69) is 15.3 Å². The number of alkyl halides is 2. The summed E-state index contributed by atoms with van der Waals surface area (Å²) in [6.45, 7) is 0.320. The van der Waals surface area contributed by atoms with E-state index in [1.807, 2.05) is 13.0 Å². The van der Waals surface area contributed by atoms with Crippen LogP contribution in [-0.4, -0.2) is 14.5 Å². The summed E-state index contributed by atoms with van der Waals surface area (Å²) in [7, 11) is 0. The monoisotopic (exact) mass is 252 g/mol. The van der Waals surface area contributed by atoms with E-state index in [9.17, 15) is 8.78 Å². The van der Waals surface area contributed by atoms with Crippen LogP contribution < -0.4 is 5.32 Å². The molecule has 0 spiro atoms. The maximum atomic E-state index is 12.6. The van der Waals surface area contributed by atoms with Crippen molar-refractivity contribution in [3.05, 3.63) is 47.8 Å². The first-order chi connectivity index (χ1) is 8.68. The lowest BCUT2D eigenvalue weighted by Gasteiger charge is -2.09. The normalized spacial score (nSPS) is 11.1. The van der Waals surface area contributed by atoms with Crippen molar-refractivity contribution in [1.82, 2.24) is 19.9 Å². The molecule has 6 heteroatoms. The van der Waals surface area contributed by atoms with Crippen LogP contribution in [0.5, 0.6) is 0 Å². The Morgan fingerprint density at radius 1 is 1.33 bits per heavy atom. The topological polar surface area (TPSA) is 42.7 Å². The van der Waals surface area contributed by atoms with Gasteiger partial charge >= 0.3 is 6.55 Å². The van der Waals surface area contributed by atoms with Gasteiger partial charge in [-0.2, -0.15) is 8.78 Å². The van der Waals surface area contributed by atoms with E-state index in [1.165, 1.54) is 12.4 Å². The average Bonchev–Trinajstić information content (AvgIpc) is 2.80. The Kier molecular flexibility index (Phi) is 3.99. The highest BCUT2D eigenvalue weighted by molar-refractivity contribution is 5.21. The SMILES string of the molecule is Cc1cnccc1CNCc1nccn1C(F)F. The fourth-order valence-electron chi connectivity index (χ4n) is 1.67. The molecule has 4 nitrogen and oxygen atoms in total. The first-order valence-corrected chi connectivity index (χ1v) is 5.58. The molecule has 0 atom stereocenters. The summed E-state index contributed by atoms with van der Waals surface area (Å²) in [6, 6.07) is 1.90. The van der Waals surface area contributed by atoms with Gasteiger partial charge in [-0.3, -0.25) is 9.55 Å². The molecule has 18 heavy (non-hydrogen) atoms. The molecule has 0 bridgehead atoms. The Hall–Kier alpha value is -1.82. The molecule has 0 amide bonds. The van der Waals surface area contributed by atoms with Gasteiger partial charge in [0, 0.05) is 31.3 Å². The molecule has 2 rings (SSSR count). The fourth-order valence-corrected chi connectivity index (χ4v) is 1.67. The molecular formula is C12H14F2N4. The lowest BCUT2D eigenvalue weighted by molar-refractivity contribution is 0.0666. The van der Waals surface area contributed by atoms with E-state index >= 15 is 0 Å². The molecule has 0 unspecified atom stereocenters. The Morgan fingerprint density at radius 3 is 2.89 bits per heavy atom. The predicted octanol–water partition coefficient (Wildman–Crippen LogP) is 2.27. The maximum absolute atomic E-state index is 12.6. The van der Waals surface area contributed by atoms with Gasteiger partial charge in [-0.05, 0) is 24.1 Å².